The van der Waals surface area contributed by atoms with Crippen LogP contribution in [0.1, 0.15) is 31.7 Å². The highest BCUT2D eigenvalue weighted by atomic mass is 32.2. The molecule has 0 aromatic heterocycles. The van der Waals surface area contributed by atoms with Gasteiger partial charge in [0.25, 0.3) is 5.69 Å². The highest BCUT2D eigenvalue weighted by molar-refractivity contribution is 7.90. The third-order valence-electron chi connectivity index (χ3n) is 3.11. The standard InChI is InChI=1S/C12H17NO5S/c1-4-12(14)8(2)10-6-5-9(19(3,17)18)7-11(10)13(15)16/h5-8,12,14H,4H2,1-3H3. The molecule has 106 valence electrons. The molecule has 7 heteroatoms. The fourth-order valence-electron chi connectivity index (χ4n) is 1.86. The molecule has 2 atom stereocenters. The molecule has 0 bridgehead atoms. The van der Waals surface area contributed by atoms with Crippen molar-refractivity contribution >= 4 is 15.5 Å². The number of aliphatic hydroxyl groups is 1. The van der Waals surface area contributed by atoms with Gasteiger partial charge in [0.05, 0.1) is 15.9 Å². The number of nitro groups is 1. The number of hydrogen-bond donors (Lipinski definition) is 1. The first-order valence-corrected chi connectivity index (χ1v) is 7.74. The summed E-state index contributed by atoms with van der Waals surface area (Å²) in [6.07, 6.45) is 0.755. The van der Waals surface area contributed by atoms with Gasteiger partial charge < -0.3 is 5.11 Å². The molecule has 19 heavy (non-hydrogen) atoms. The number of rotatable bonds is 5. The summed E-state index contributed by atoms with van der Waals surface area (Å²) >= 11 is 0. The van der Waals surface area contributed by atoms with Gasteiger partial charge in [-0.3, -0.25) is 10.1 Å². The minimum Gasteiger partial charge on any atom is -0.393 e. The van der Waals surface area contributed by atoms with Gasteiger partial charge >= 0.3 is 0 Å². The number of hydrogen-bond acceptors (Lipinski definition) is 5. The maximum absolute atomic E-state index is 11.4. The lowest BCUT2D eigenvalue weighted by atomic mass is 9.92. The van der Waals surface area contributed by atoms with Crippen LogP contribution in [0.4, 0.5) is 5.69 Å². The second-order valence-corrected chi connectivity index (χ2v) is 6.53. The fraction of sp³-hybridized carbons (Fsp3) is 0.500. The molecule has 6 nitrogen and oxygen atoms in total. The molecular weight excluding hydrogens is 270 g/mol. The summed E-state index contributed by atoms with van der Waals surface area (Å²) in [5.41, 5.74) is 0.0645. The van der Waals surface area contributed by atoms with Gasteiger partial charge in [0.1, 0.15) is 0 Å². The Hall–Kier alpha value is -1.47. The summed E-state index contributed by atoms with van der Waals surface area (Å²) in [6, 6.07) is 3.78. The van der Waals surface area contributed by atoms with Crippen molar-refractivity contribution in [3.8, 4) is 0 Å². The second-order valence-electron chi connectivity index (χ2n) is 4.51. The van der Waals surface area contributed by atoms with Gasteiger partial charge in [-0.25, -0.2) is 8.42 Å². The van der Waals surface area contributed by atoms with E-state index in [0.29, 0.717) is 12.0 Å². The van der Waals surface area contributed by atoms with E-state index in [1.807, 2.05) is 0 Å². The van der Waals surface area contributed by atoms with Crippen molar-refractivity contribution in [3.05, 3.63) is 33.9 Å². The lowest BCUT2D eigenvalue weighted by Crippen LogP contribution is -2.16. The van der Waals surface area contributed by atoms with Gasteiger partial charge in [-0.1, -0.05) is 19.9 Å². The summed E-state index contributed by atoms with van der Waals surface area (Å²) < 4.78 is 22.8. The van der Waals surface area contributed by atoms with E-state index in [1.165, 1.54) is 12.1 Å². The first-order chi connectivity index (χ1) is 8.68. The molecule has 1 aromatic rings. The van der Waals surface area contributed by atoms with Crippen LogP contribution < -0.4 is 0 Å². The second kappa shape index (κ2) is 5.66. The molecule has 0 aliphatic rings. The van der Waals surface area contributed by atoms with Gasteiger partial charge in [0.2, 0.25) is 0 Å². The van der Waals surface area contributed by atoms with E-state index in [0.717, 1.165) is 12.3 Å². The van der Waals surface area contributed by atoms with Gasteiger partial charge in [-0.2, -0.15) is 0 Å². The van der Waals surface area contributed by atoms with E-state index in [-0.39, 0.29) is 10.6 Å². The van der Waals surface area contributed by atoms with Crippen LogP contribution in [0.25, 0.3) is 0 Å². The molecule has 0 aliphatic heterocycles. The van der Waals surface area contributed by atoms with Crippen LogP contribution in [0.5, 0.6) is 0 Å². The highest BCUT2D eigenvalue weighted by Crippen LogP contribution is 2.31. The minimum absolute atomic E-state index is 0.0962. The molecule has 0 spiro atoms. The van der Waals surface area contributed by atoms with Crippen molar-refractivity contribution < 1.29 is 18.4 Å². The Labute approximate surface area is 112 Å². The first-order valence-electron chi connectivity index (χ1n) is 5.85. The third kappa shape index (κ3) is 3.51. The van der Waals surface area contributed by atoms with Crippen LogP contribution in [0.3, 0.4) is 0 Å². The number of benzene rings is 1. The molecule has 0 heterocycles. The summed E-state index contributed by atoms with van der Waals surface area (Å²) in [6.45, 7) is 3.45. The molecule has 0 fully saturated rings. The summed E-state index contributed by atoms with van der Waals surface area (Å²) in [5, 5.41) is 20.8. The predicted molar refractivity (Wildman–Crippen MR) is 70.9 cm³/mol. The molecular formula is C12H17NO5S. The lowest BCUT2D eigenvalue weighted by Gasteiger charge is -2.17. The molecule has 0 radical (unpaired) electrons. The Morgan fingerprint density at radius 3 is 2.42 bits per heavy atom. The lowest BCUT2D eigenvalue weighted by molar-refractivity contribution is -0.386. The summed E-state index contributed by atoms with van der Waals surface area (Å²) in [5.74, 6) is -0.431. The zero-order valence-corrected chi connectivity index (χ0v) is 11.8. The average molecular weight is 287 g/mol. The Kier molecular flexibility index (Phi) is 4.65. The zero-order chi connectivity index (χ0) is 14.8. The molecule has 0 saturated heterocycles. The van der Waals surface area contributed by atoms with Crippen molar-refractivity contribution in [2.24, 2.45) is 0 Å². The predicted octanol–water partition coefficient (Wildman–Crippen LogP) is 1.87. The quantitative estimate of drug-likeness (QED) is 0.658. The number of nitrogens with zero attached hydrogens (tertiary/aromatic N) is 1. The van der Waals surface area contributed by atoms with Crippen LogP contribution >= 0.6 is 0 Å². The smallest absolute Gasteiger partial charge is 0.274 e. The molecule has 1 N–H and O–H groups in total. The van der Waals surface area contributed by atoms with Crippen molar-refractivity contribution in [1.82, 2.24) is 0 Å². The third-order valence-corrected chi connectivity index (χ3v) is 4.22. The van der Waals surface area contributed by atoms with E-state index in [9.17, 15) is 23.6 Å². The first kappa shape index (κ1) is 15.6. The van der Waals surface area contributed by atoms with E-state index in [4.69, 9.17) is 0 Å². The number of nitro benzene ring substituents is 1. The topological polar surface area (TPSA) is 97.5 Å². The monoisotopic (exact) mass is 287 g/mol. The van der Waals surface area contributed by atoms with Crippen molar-refractivity contribution in [2.45, 2.75) is 37.2 Å². The molecule has 2 unspecified atom stereocenters. The Morgan fingerprint density at radius 2 is 2.00 bits per heavy atom. The largest absolute Gasteiger partial charge is 0.393 e. The molecule has 0 aliphatic carbocycles. The van der Waals surface area contributed by atoms with Gasteiger partial charge in [-0.15, -0.1) is 0 Å². The van der Waals surface area contributed by atoms with Gasteiger partial charge in [0.15, 0.2) is 9.84 Å². The van der Waals surface area contributed by atoms with Crippen LogP contribution in [0.15, 0.2) is 23.1 Å². The van der Waals surface area contributed by atoms with Gasteiger partial charge in [0, 0.05) is 23.8 Å². The van der Waals surface area contributed by atoms with Crippen LogP contribution in [0, 0.1) is 10.1 Å². The molecule has 1 aromatic carbocycles. The van der Waals surface area contributed by atoms with Crippen LogP contribution in [-0.2, 0) is 9.84 Å². The van der Waals surface area contributed by atoms with Crippen LogP contribution in [-0.4, -0.2) is 30.8 Å². The maximum atomic E-state index is 11.4. The Morgan fingerprint density at radius 1 is 1.42 bits per heavy atom. The van der Waals surface area contributed by atoms with E-state index < -0.39 is 26.8 Å². The zero-order valence-electron chi connectivity index (χ0n) is 11.0. The fourth-order valence-corrected chi connectivity index (χ4v) is 2.50. The number of aliphatic hydroxyl groups excluding tert-OH is 1. The van der Waals surface area contributed by atoms with E-state index >= 15 is 0 Å². The van der Waals surface area contributed by atoms with E-state index in [2.05, 4.69) is 0 Å². The average Bonchev–Trinajstić information content (AvgIpc) is 2.35. The minimum atomic E-state index is -3.49. The Balaban J connectivity index is 3.39. The summed E-state index contributed by atoms with van der Waals surface area (Å²) in [7, 11) is -3.49. The Bertz CT molecular complexity index is 582. The van der Waals surface area contributed by atoms with Crippen molar-refractivity contribution in [1.29, 1.82) is 0 Å². The van der Waals surface area contributed by atoms with Crippen LogP contribution in [0.2, 0.25) is 0 Å². The van der Waals surface area contributed by atoms with E-state index in [1.54, 1.807) is 13.8 Å². The summed E-state index contributed by atoms with van der Waals surface area (Å²) in [4.78, 5) is 10.3. The molecule has 0 saturated carbocycles. The van der Waals surface area contributed by atoms with Gasteiger partial charge in [-0.05, 0) is 12.5 Å². The highest BCUT2D eigenvalue weighted by Gasteiger charge is 2.25. The normalized spacial score (nSPS) is 14.9. The number of sulfone groups is 1. The van der Waals surface area contributed by atoms with Crippen molar-refractivity contribution in [2.75, 3.05) is 6.26 Å². The van der Waals surface area contributed by atoms with Crippen molar-refractivity contribution in [3.63, 3.8) is 0 Å². The SMILES string of the molecule is CCC(O)C(C)c1ccc(S(C)(=O)=O)cc1[N+](=O)[O-]. The molecule has 0 amide bonds. The molecule has 1 rings (SSSR count). The maximum Gasteiger partial charge on any atom is 0.274 e.